The lowest BCUT2D eigenvalue weighted by molar-refractivity contribution is 0.103. The van der Waals surface area contributed by atoms with Crippen LogP contribution in [0, 0.1) is 5.82 Å². The van der Waals surface area contributed by atoms with Gasteiger partial charge in [0.05, 0.1) is 17.9 Å². The summed E-state index contributed by atoms with van der Waals surface area (Å²) in [6.45, 7) is 0.588. The summed E-state index contributed by atoms with van der Waals surface area (Å²) in [4.78, 5) is 25.1. The van der Waals surface area contributed by atoms with Gasteiger partial charge in [-0.1, -0.05) is 12.1 Å². The SMILES string of the molecule is CSOCCc1ccc(-n2c(N)c(C(=O)c3ccc(F)cc3)ccc2=O)cc1. The Labute approximate surface area is 166 Å². The van der Waals surface area contributed by atoms with Crippen molar-refractivity contribution in [3.63, 3.8) is 0 Å². The fourth-order valence-electron chi connectivity index (χ4n) is 2.82. The van der Waals surface area contributed by atoms with Crippen molar-refractivity contribution in [3.8, 4) is 5.69 Å². The van der Waals surface area contributed by atoms with Crippen LogP contribution < -0.4 is 11.3 Å². The molecular weight excluding hydrogens is 379 g/mol. The van der Waals surface area contributed by atoms with Gasteiger partial charge in [-0.3, -0.25) is 14.2 Å². The molecule has 144 valence electrons. The Morgan fingerprint density at radius 3 is 2.39 bits per heavy atom. The molecule has 2 aromatic carbocycles. The summed E-state index contributed by atoms with van der Waals surface area (Å²) in [5.74, 6) is -0.769. The Morgan fingerprint density at radius 1 is 1.07 bits per heavy atom. The van der Waals surface area contributed by atoms with Gasteiger partial charge in [0.25, 0.3) is 5.56 Å². The molecule has 5 nitrogen and oxygen atoms in total. The Bertz CT molecular complexity index is 1030. The van der Waals surface area contributed by atoms with E-state index < -0.39 is 5.82 Å². The third-order valence-electron chi connectivity index (χ3n) is 4.27. The molecule has 3 rings (SSSR count). The second-order valence-electron chi connectivity index (χ2n) is 6.05. The quantitative estimate of drug-likeness (QED) is 0.374. The van der Waals surface area contributed by atoms with E-state index in [-0.39, 0.29) is 22.7 Å². The molecule has 0 aliphatic rings. The topological polar surface area (TPSA) is 74.3 Å². The maximum atomic E-state index is 13.1. The zero-order valence-corrected chi connectivity index (χ0v) is 16.0. The summed E-state index contributed by atoms with van der Waals surface area (Å²) in [7, 11) is 0. The van der Waals surface area contributed by atoms with Gasteiger partial charge >= 0.3 is 0 Å². The standard InChI is InChI=1S/C21H19FN2O3S/c1-28-27-13-12-14-2-8-17(9-3-14)24-19(25)11-10-18(21(24)23)20(26)15-4-6-16(22)7-5-15/h2-11H,12-13,23H2,1H3. The van der Waals surface area contributed by atoms with Crippen LogP contribution in [0.3, 0.4) is 0 Å². The third kappa shape index (κ3) is 4.32. The van der Waals surface area contributed by atoms with E-state index in [0.717, 1.165) is 12.0 Å². The smallest absolute Gasteiger partial charge is 0.256 e. The van der Waals surface area contributed by atoms with Crippen molar-refractivity contribution in [3.05, 3.63) is 93.5 Å². The molecule has 3 aromatic rings. The molecule has 0 aliphatic heterocycles. The van der Waals surface area contributed by atoms with E-state index in [1.54, 1.807) is 12.1 Å². The summed E-state index contributed by atoms with van der Waals surface area (Å²) >= 11 is 1.31. The summed E-state index contributed by atoms with van der Waals surface area (Å²) in [6, 6.07) is 15.2. The monoisotopic (exact) mass is 398 g/mol. The van der Waals surface area contributed by atoms with Gasteiger partial charge in [0.15, 0.2) is 5.78 Å². The van der Waals surface area contributed by atoms with E-state index in [1.807, 2.05) is 18.4 Å². The number of benzene rings is 2. The van der Waals surface area contributed by atoms with Crippen LogP contribution in [-0.4, -0.2) is 23.2 Å². The maximum Gasteiger partial charge on any atom is 0.256 e. The number of halogens is 1. The van der Waals surface area contributed by atoms with Crippen molar-refractivity contribution in [1.82, 2.24) is 4.57 Å². The molecule has 0 radical (unpaired) electrons. The number of nitrogens with zero attached hydrogens (tertiary/aromatic N) is 1. The molecule has 1 heterocycles. The predicted octanol–water partition coefficient (Wildman–Crippen LogP) is 3.63. The summed E-state index contributed by atoms with van der Waals surface area (Å²) in [6.07, 6.45) is 2.60. The average molecular weight is 398 g/mol. The molecule has 1 aromatic heterocycles. The first kappa shape index (κ1) is 19.9. The molecule has 2 N–H and O–H groups in total. The number of carbonyl (C=O) groups excluding carboxylic acids is 1. The highest BCUT2D eigenvalue weighted by Gasteiger charge is 2.17. The number of pyridine rings is 1. The number of ketones is 1. The molecule has 0 aliphatic carbocycles. The fraction of sp³-hybridized carbons (Fsp3) is 0.143. The first-order chi connectivity index (χ1) is 13.5. The highest BCUT2D eigenvalue weighted by molar-refractivity contribution is 7.93. The van der Waals surface area contributed by atoms with Gasteiger partial charge in [-0.25, -0.2) is 4.39 Å². The van der Waals surface area contributed by atoms with Gasteiger partial charge < -0.3 is 9.92 Å². The molecular formula is C21H19FN2O3S. The Kier molecular flexibility index (Phi) is 6.28. The number of hydrogen-bond acceptors (Lipinski definition) is 5. The molecule has 0 bridgehead atoms. The number of hydrogen-bond donors (Lipinski definition) is 1. The van der Waals surface area contributed by atoms with Crippen LogP contribution in [-0.2, 0) is 10.6 Å². The molecule has 0 spiro atoms. The second-order valence-corrected chi connectivity index (χ2v) is 6.62. The van der Waals surface area contributed by atoms with Crippen LogP contribution in [0.2, 0.25) is 0 Å². The first-order valence-electron chi connectivity index (χ1n) is 8.58. The maximum absolute atomic E-state index is 13.1. The lowest BCUT2D eigenvalue weighted by atomic mass is 10.0. The molecule has 0 fully saturated rings. The van der Waals surface area contributed by atoms with Crippen molar-refractivity contribution in [2.24, 2.45) is 0 Å². The Morgan fingerprint density at radius 2 is 1.75 bits per heavy atom. The van der Waals surface area contributed by atoms with Gasteiger partial charge in [-0.15, -0.1) is 0 Å². The number of anilines is 1. The Balaban J connectivity index is 1.94. The van der Waals surface area contributed by atoms with Crippen LogP contribution in [0.5, 0.6) is 0 Å². The lowest BCUT2D eigenvalue weighted by Gasteiger charge is -2.13. The largest absolute Gasteiger partial charge is 0.384 e. The van der Waals surface area contributed by atoms with E-state index >= 15 is 0 Å². The minimum atomic E-state index is -0.433. The van der Waals surface area contributed by atoms with E-state index in [1.165, 1.54) is 53.0 Å². The van der Waals surface area contributed by atoms with Crippen LogP contribution in [0.4, 0.5) is 10.2 Å². The first-order valence-corrected chi connectivity index (χ1v) is 9.73. The minimum Gasteiger partial charge on any atom is -0.384 e. The summed E-state index contributed by atoms with van der Waals surface area (Å²) in [5, 5.41) is 0. The van der Waals surface area contributed by atoms with Crippen LogP contribution in [0.15, 0.2) is 65.5 Å². The molecule has 0 atom stereocenters. The van der Waals surface area contributed by atoms with Crippen LogP contribution >= 0.6 is 12.0 Å². The second kappa shape index (κ2) is 8.86. The van der Waals surface area contributed by atoms with E-state index in [4.69, 9.17) is 9.92 Å². The summed E-state index contributed by atoms with van der Waals surface area (Å²) in [5.41, 5.74) is 7.92. The number of aromatic nitrogens is 1. The zero-order chi connectivity index (χ0) is 20.1. The molecule has 0 unspecified atom stereocenters. The minimum absolute atomic E-state index is 0.0419. The van der Waals surface area contributed by atoms with Gasteiger partial charge in [0, 0.05) is 17.9 Å². The Hall–Kier alpha value is -2.90. The van der Waals surface area contributed by atoms with Crippen molar-refractivity contribution in [2.75, 3.05) is 18.6 Å². The third-order valence-corrected chi connectivity index (χ3v) is 4.67. The van der Waals surface area contributed by atoms with Crippen molar-refractivity contribution in [2.45, 2.75) is 6.42 Å². The van der Waals surface area contributed by atoms with Gasteiger partial charge in [0.1, 0.15) is 11.6 Å². The predicted molar refractivity (Wildman–Crippen MR) is 109 cm³/mol. The van der Waals surface area contributed by atoms with Gasteiger partial charge in [0.2, 0.25) is 0 Å². The van der Waals surface area contributed by atoms with Crippen molar-refractivity contribution >= 4 is 23.6 Å². The zero-order valence-electron chi connectivity index (χ0n) is 15.2. The van der Waals surface area contributed by atoms with Crippen molar-refractivity contribution < 1.29 is 13.4 Å². The van der Waals surface area contributed by atoms with Gasteiger partial charge in [-0.2, -0.15) is 0 Å². The number of rotatable bonds is 7. The summed E-state index contributed by atoms with van der Waals surface area (Å²) < 4.78 is 19.7. The van der Waals surface area contributed by atoms with Crippen LogP contribution in [0.1, 0.15) is 21.5 Å². The normalized spacial score (nSPS) is 10.8. The highest BCUT2D eigenvalue weighted by atomic mass is 32.2. The van der Waals surface area contributed by atoms with Gasteiger partial charge in [-0.05, 0) is 66.5 Å². The van der Waals surface area contributed by atoms with E-state index in [2.05, 4.69) is 0 Å². The van der Waals surface area contributed by atoms with Crippen LogP contribution in [0.25, 0.3) is 5.69 Å². The van der Waals surface area contributed by atoms with E-state index in [0.29, 0.717) is 17.9 Å². The number of nitrogens with two attached hydrogens (primary N) is 1. The molecule has 0 amide bonds. The van der Waals surface area contributed by atoms with Crippen molar-refractivity contribution in [1.29, 1.82) is 0 Å². The molecule has 7 heteroatoms. The molecule has 28 heavy (non-hydrogen) atoms. The van der Waals surface area contributed by atoms with E-state index in [9.17, 15) is 14.0 Å². The fourth-order valence-corrected chi connectivity index (χ4v) is 3.07. The number of carbonyl (C=O) groups is 1. The highest BCUT2D eigenvalue weighted by Crippen LogP contribution is 2.19. The molecule has 0 saturated heterocycles. The lowest BCUT2D eigenvalue weighted by Crippen LogP contribution is -2.23. The molecule has 0 saturated carbocycles. The average Bonchev–Trinajstić information content (AvgIpc) is 2.69. The number of nitrogen functional groups attached to an aromatic ring is 1.